The van der Waals surface area contributed by atoms with E-state index in [0.717, 1.165) is 31.5 Å². The van der Waals surface area contributed by atoms with Gasteiger partial charge in [0, 0.05) is 5.56 Å². The van der Waals surface area contributed by atoms with Gasteiger partial charge in [0.15, 0.2) is 11.3 Å². The van der Waals surface area contributed by atoms with E-state index in [0.29, 0.717) is 27.7 Å². The molecule has 182 valence electrons. The van der Waals surface area contributed by atoms with E-state index in [1.807, 2.05) is 0 Å². The zero-order chi connectivity index (χ0) is 24.6. The normalized spacial score (nSPS) is 21.1. The number of nitrogens with zero attached hydrogens (tertiary/aromatic N) is 3. The second-order valence-electron chi connectivity index (χ2n) is 9.29. The van der Waals surface area contributed by atoms with Crippen molar-refractivity contribution in [3.05, 3.63) is 47.8 Å². The monoisotopic (exact) mass is 475 g/mol. The van der Waals surface area contributed by atoms with Gasteiger partial charge >= 0.3 is 12.1 Å². The summed E-state index contributed by atoms with van der Waals surface area (Å²) in [7, 11) is 1.43. The Morgan fingerprint density at radius 2 is 1.94 bits per heavy atom. The molecule has 34 heavy (non-hydrogen) atoms. The Hall–Kier alpha value is -3.10. The van der Waals surface area contributed by atoms with E-state index in [2.05, 4.69) is 30.9 Å². The number of ether oxygens (including phenoxy) is 2. The molecule has 1 aromatic carbocycles. The Bertz CT molecular complexity index is 1190. The molecule has 0 spiro atoms. The number of para-hydroxylation sites is 1. The summed E-state index contributed by atoms with van der Waals surface area (Å²) in [5.41, 5.74) is -0.935. The summed E-state index contributed by atoms with van der Waals surface area (Å²) >= 11 is 0. The van der Waals surface area contributed by atoms with Gasteiger partial charge in [0.05, 0.1) is 19.0 Å². The lowest BCUT2D eigenvalue weighted by atomic mass is 9.75. The van der Waals surface area contributed by atoms with Crippen LogP contribution in [0, 0.1) is 17.8 Å². The summed E-state index contributed by atoms with van der Waals surface area (Å²) in [4.78, 5) is 17.6. The summed E-state index contributed by atoms with van der Waals surface area (Å²) in [5.74, 6) is 0.583. The minimum Gasteiger partial charge on any atom is -0.496 e. The molecule has 1 aliphatic rings. The summed E-state index contributed by atoms with van der Waals surface area (Å²) in [6.07, 6.45) is -1.19. The first-order chi connectivity index (χ1) is 16.1. The molecule has 0 unspecified atom stereocenters. The van der Waals surface area contributed by atoms with E-state index in [1.54, 1.807) is 24.3 Å². The van der Waals surface area contributed by atoms with Gasteiger partial charge in [0.1, 0.15) is 17.4 Å². The first-order valence-corrected chi connectivity index (χ1v) is 11.4. The Balaban J connectivity index is 1.79. The smallest absolute Gasteiger partial charge is 0.433 e. The lowest BCUT2D eigenvalue weighted by molar-refractivity contribution is -0.142. The first kappa shape index (κ1) is 24.0. The van der Waals surface area contributed by atoms with Gasteiger partial charge in [-0.05, 0) is 48.8 Å². The van der Waals surface area contributed by atoms with Crippen LogP contribution in [0.2, 0.25) is 0 Å². The average Bonchev–Trinajstić information content (AvgIpc) is 3.21. The van der Waals surface area contributed by atoms with Gasteiger partial charge in [0.2, 0.25) is 0 Å². The number of methoxy groups -OCH3 is 1. The number of hydrogen-bond donors (Lipinski definition) is 0. The molecule has 2 aromatic heterocycles. The highest BCUT2D eigenvalue weighted by Crippen LogP contribution is 2.37. The molecule has 9 heteroatoms. The summed E-state index contributed by atoms with van der Waals surface area (Å²) in [6.45, 7) is 6.30. The molecule has 0 saturated heterocycles. The first-order valence-electron chi connectivity index (χ1n) is 11.4. The van der Waals surface area contributed by atoms with E-state index in [1.165, 1.54) is 7.11 Å². The van der Waals surface area contributed by atoms with Crippen molar-refractivity contribution in [2.45, 2.75) is 52.3 Å². The highest BCUT2D eigenvalue weighted by molar-refractivity contribution is 5.96. The lowest BCUT2D eigenvalue weighted by Crippen LogP contribution is -2.35. The van der Waals surface area contributed by atoms with Gasteiger partial charge in [-0.3, -0.25) is 0 Å². The molecule has 2 heterocycles. The lowest BCUT2D eigenvalue weighted by Gasteiger charge is -2.36. The molecule has 1 saturated carbocycles. The van der Waals surface area contributed by atoms with Crippen LogP contribution >= 0.6 is 0 Å². The number of carbonyl (C=O) groups excluding carboxylic acids is 1. The van der Waals surface area contributed by atoms with Crippen molar-refractivity contribution in [3.8, 4) is 17.0 Å². The highest BCUT2D eigenvalue weighted by Gasteiger charge is 2.38. The van der Waals surface area contributed by atoms with Crippen LogP contribution in [-0.2, 0) is 10.9 Å². The molecule has 4 rings (SSSR count). The number of aromatic nitrogens is 3. The van der Waals surface area contributed by atoms with Crippen molar-refractivity contribution in [2.24, 2.45) is 17.8 Å². The fourth-order valence-electron chi connectivity index (χ4n) is 4.75. The topological polar surface area (TPSA) is 65.7 Å². The van der Waals surface area contributed by atoms with E-state index in [9.17, 15) is 18.0 Å². The third-order valence-corrected chi connectivity index (χ3v) is 6.58. The van der Waals surface area contributed by atoms with Crippen molar-refractivity contribution in [1.29, 1.82) is 0 Å². The predicted molar refractivity (Wildman–Crippen MR) is 121 cm³/mol. The van der Waals surface area contributed by atoms with Crippen LogP contribution in [0.3, 0.4) is 0 Å². The fraction of sp³-hybridized carbons (Fsp3) is 0.480. The number of alkyl halides is 3. The number of fused-ring (bicyclic) bond motifs is 1. The predicted octanol–water partition coefficient (Wildman–Crippen LogP) is 6.04. The minimum atomic E-state index is -4.72. The maximum absolute atomic E-state index is 13.9. The van der Waals surface area contributed by atoms with Crippen LogP contribution in [0.1, 0.15) is 56.1 Å². The Morgan fingerprint density at radius 1 is 1.21 bits per heavy atom. The molecular formula is C25H28F3N3O3. The van der Waals surface area contributed by atoms with Gasteiger partial charge in [-0.2, -0.15) is 18.3 Å². The van der Waals surface area contributed by atoms with Gasteiger partial charge in [-0.15, -0.1) is 0 Å². The number of benzene rings is 1. The molecule has 0 N–H and O–H groups in total. The van der Waals surface area contributed by atoms with Gasteiger partial charge in [-0.25, -0.2) is 14.3 Å². The van der Waals surface area contributed by atoms with Crippen molar-refractivity contribution in [2.75, 3.05) is 7.11 Å². The van der Waals surface area contributed by atoms with Crippen LogP contribution in [0.25, 0.3) is 16.9 Å². The number of esters is 1. The molecule has 3 aromatic rings. The second-order valence-corrected chi connectivity index (χ2v) is 9.29. The Labute approximate surface area is 196 Å². The molecule has 3 atom stereocenters. The molecule has 1 fully saturated rings. The summed E-state index contributed by atoms with van der Waals surface area (Å²) in [5, 5.41) is 3.85. The van der Waals surface area contributed by atoms with Crippen molar-refractivity contribution >= 4 is 11.6 Å². The van der Waals surface area contributed by atoms with Crippen LogP contribution in [0.5, 0.6) is 5.75 Å². The van der Waals surface area contributed by atoms with Crippen molar-refractivity contribution in [3.63, 3.8) is 0 Å². The minimum absolute atomic E-state index is 0.0261. The molecule has 6 nitrogen and oxygen atoms in total. The Morgan fingerprint density at radius 3 is 2.62 bits per heavy atom. The summed E-state index contributed by atoms with van der Waals surface area (Å²) in [6, 6.07) is 7.55. The zero-order valence-electron chi connectivity index (χ0n) is 19.6. The molecule has 1 aliphatic carbocycles. The van der Waals surface area contributed by atoms with Crippen LogP contribution in [0.15, 0.2) is 36.5 Å². The quantitative estimate of drug-likeness (QED) is 0.421. The number of hydrogen-bond acceptors (Lipinski definition) is 5. The maximum atomic E-state index is 13.9. The van der Waals surface area contributed by atoms with E-state index < -0.39 is 17.8 Å². The standard InChI is InChI=1S/C25H28F3N3O3/c1-14(2)16-10-9-15(3)11-21(16)34-24(32)18-13-29-31-22(25(26,27)28)12-19(30-23(18)31)17-7-5-6-8-20(17)33-4/h5-8,12-16,21H,9-11H2,1-4H3/t15-,16+,21-/m0/s1. The molecule has 0 amide bonds. The molecule has 0 aliphatic heterocycles. The number of halogens is 3. The largest absolute Gasteiger partial charge is 0.496 e. The van der Waals surface area contributed by atoms with Gasteiger partial charge in [0.25, 0.3) is 0 Å². The third-order valence-electron chi connectivity index (χ3n) is 6.58. The van der Waals surface area contributed by atoms with Crippen molar-refractivity contribution in [1.82, 2.24) is 14.6 Å². The van der Waals surface area contributed by atoms with Crippen LogP contribution in [-0.4, -0.2) is 33.8 Å². The van der Waals surface area contributed by atoms with E-state index in [-0.39, 0.29) is 28.9 Å². The molecule has 0 bridgehead atoms. The fourth-order valence-corrected chi connectivity index (χ4v) is 4.75. The van der Waals surface area contributed by atoms with Crippen molar-refractivity contribution < 1.29 is 27.4 Å². The van der Waals surface area contributed by atoms with Crippen LogP contribution < -0.4 is 4.74 Å². The van der Waals surface area contributed by atoms with Gasteiger partial charge < -0.3 is 9.47 Å². The third kappa shape index (κ3) is 4.60. The van der Waals surface area contributed by atoms with Crippen LogP contribution in [0.4, 0.5) is 13.2 Å². The number of carbonyl (C=O) groups is 1. The summed E-state index contributed by atoms with van der Waals surface area (Å²) < 4.78 is 53.6. The number of rotatable bonds is 5. The average molecular weight is 476 g/mol. The SMILES string of the molecule is COc1ccccc1-c1cc(C(F)(F)F)n2ncc(C(=O)O[C@H]3C[C@@H](C)CC[C@@H]3C(C)C)c2n1. The molecule has 0 radical (unpaired) electrons. The highest BCUT2D eigenvalue weighted by atomic mass is 19.4. The maximum Gasteiger partial charge on any atom is 0.433 e. The molecular weight excluding hydrogens is 447 g/mol. The van der Waals surface area contributed by atoms with Gasteiger partial charge in [-0.1, -0.05) is 39.3 Å². The van der Waals surface area contributed by atoms with E-state index >= 15 is 0 Å². The Kier molecular flexibility index (Phi) is 6.55. The zero-order valence-corrected chi connectivity index (χ0v) is 19.6. The second kappa shape index (κ2) is 9.27. The van der Waals surface area contributed by atoms with E-state index in [4.69, 9.17) is 9.47 Å².